The first-order chi connectivity index (χ1) is 8.98. The number of nitrogens with one attached hydrogen (secondary N) is 2. The van der Waals surface area contributed by atoms with Crippen LogP contribution in [0, 0.1) is 23.2 Å². The number of carbonyl (C=O) groups is 2. The van der Waals surface area contributed by atoms with Gasteiger partial charge < -0.3 is 10.6 Å². The summed E-state index contributed by atoms with van der Waals surface area (Å²) in [6.07, 6.45) is 5.69. The molecule has 0 spiro atoms. The van der Waals surface area contributed by atoms with Crippen LogP contribution in [0.4, 0.5) is 0 Å². The minimum absolute atomic E-state index is 0.00905. The number of hydrogen-bond acceptors (Lipinski definition) is 2. The van der Waals surface area contributed by atoms with Gasteiger partial charge >= 0.3 is 0 Å². The van der Waals surface area contributed by atoms with Gasteiger partial charge in [0.25, 0.3) is 0 Å². The highest BCUT2D eigenvalue weighted by Crippen LogP contribution is 2.49. The second-order valence-electron chi connectivity index (χ2n) is 7.12. The Labute approximate surface area is 114 Å². The summed E-state index contributed by atoms with van der Waals surface area (Å²) in [4.78, 5) is 23.7. The van der Waals surface area contributed by atoms with Crippen molar-refractivity contribution in [1.29, 1.82) is 0 Å². The van der Waals surface area contributed by atoms with Crippen LogP contribution in [0.1, 0.15) is 46.0 Å². The van der Waals surface area contributed by atoms with Crippen LogP contribution in [-0.2, 0) is 9.59 Å². The van der Waals surface area contributed by atoms with E-state index in [0.29, 0.717) is 18.9 Å². The Kier molecular flexibility index (Phi) is 3.06. The summed E-state index contributed by atoms with van der Waals surface area (Å²) in [5.41, 5.74) is -0.553. The maximum atomic E-state index is 12.4. The van der Waals surface area contributed by atoms with Crippen molar-refractivity contribution in [1.82, 2.24) is 10.6 Å². The normalized spacial score (nSPS) is 42.2. The Morgan fingerprint density at radius 3 is 2.74 bits per heavy atom. The van der Waals surface area contributed by atoms with Gasteiger partial charge in [0.15, 0.2) is 0 Å². The van der Waals surface area contributed by atoms with E-state index in [4.69, 9.17) is 0 Å². The minimum Gasteiger partial charge on any atom is -0.355 e. The number of carbonyl (C=O) groups excluding carboxylic acids is 2. The van der Waals surface area contributed by atoms with Crippen LogP contribution in [0.15, 0.2) is 0 Å². The first kappa shape index (κ1) is 12.9. The first-order valence-corrected chi connectivity index (χ1v) is 7.55. The lowest BCUT2D eigenvalue weighted by molar-refractivity contribution is -0.132. The van der Waals surface area contributed by atoms with Crippen LogP contribution in [0.3, 0.4) is 0 Å². The fraction of sp³-hybridized carbons (Fsp3) is 0.867. The van der Waals surface area contributed by atoms with Crippen LogP contribution in [0.2, 0.25) is 0 Å². The number of fused-ring (bicyclic) bond motifs is 2. The average molecular weight is 264 g/mol. The molecule has 1 heterocycles. The predicted molar refractivity (Wildman–Crippen MR) is 72.3 cm³/mol. The standard InChI is InChI=1S/C15H24N2O2/c1-9(12-6-10-3-4-11(12)5-10)17-14(19)15(2)7-13(18)16-8-15/h9-12H,3-8H2,1-2H3,(H,16,18)(H,17,19). The summed E-state index contributed by atoms with van der Waals surface area (Å²) in [6, 6.07) is 0.246. The number of amides is 2. The highest BCUT2D eigenvalue weighted by Gasteiger charge is 2.45. The lowest BCUT2D eigenvalue weighted by atomic mass is 9.82. The third-order valence-corrected chi connectivity index (χ3v) is 5.57. The van der Waals surface area contributed by atoms with E-state index in [9.17, 15) is 9.59 Å². The topological polar surface area (TPSA) is 58.2 Å². The second kappa shape index (κ2) is 4.50. The van der Waals surface area contributed by atoms with Crippen LogP contribution in [0.25, 0.3) is 0 Å². The van der Waals surface area contributed by atoms with Crippen LogP contribution < -0.4 is 10.6 Å². The Morgan fingerprint density at radius 2 is 2.21 bits per heavy atom. The molecule has 3 aliphatic rings. The van der Waals surface area contributed by atoms with Gasteiger partial charge in [-0.2, -0.15) is 0 Å². The highest BCUT2D eigenvalue weighted by atomic mass is 16.2. The van der Waals surface area contributed by atoms with Crippen molar-refractivity contribution in [2.24, 2.45) is 23.2 Å². The van der Waals surface area contributed by atoms with E-state index in [1.807, 2.05) is 6.92 Å². The van der Waals surface area contributed by atoms with E-state index >= 15 is 0 Å². The molecule has 0 radical (unpaired) electrons. The van der Waals surface area contributed by atoms with Gasteiger partial charge in [-0.3, -0.25) is 9.59 Å². The molecule has 0 aromatic heterocycles. The molecule has 4 nitrogen and oxygen atoms in total. The van der Waals surface area contributed by atoms with E-state index in [0.717, 1.165) is 11.8 Å². The zero-order valence-electron chi connectivity index (χ0n) is 11.9. The smallest absolute Gasteiger partial charge is 0.228 e. The van der Waals surface area contributed by atoms with E-state index < -0.39 is 5.41 Å². The van der Waals surface area contributed by atoms with Crippen molar-refractivity contribution < 1.29 is 9.59 Å². The summed E-state index contributed by atoms with van der Waals surface area (Å²) in [5, 5.41) is 5.94. The van der Waals surface area contributed by atoms with Gasteiger partial charge in [-0.15, -0.1) is 0 Å². The zero-order valence-corrected chi connectivity index (χ0v) is 11.9. The Hall–Kier alpha value is -1.06. The van der Waals surface area contributed by atoms with E-state index in [2.05, 4.69) is 17.6 Å². The van der Waals surface area contributed by atoms with Crippen molar-refractivity contribution in [3.8, 4) is 0 Å². The number of rotatable bonds is 3. The third-order valence-electron chi connectivity index (χ3n) is 5.57. The van der Waals surface area contributed by atoms with Crippen molar-refractivity contribution in [3.05, 3.63) is 0 Å². The summed E-state index contributed by atoms with van der Waals surface area (Å²) in [5.74, 6) is 2.40. The zero-order chi connectivity index (χ0) is 13.6. The summed E-state index contributed by atoms with van der Waals surface area (Å²) < 4.78 is 0. The number of hydrogen-bond donors (Lipinski definition) is 2. The maximum absolute atomic E-state index is 12.4. The molecular formula is C15H24N2O2. The summed E-state index contributed by atoms with van der Waals surface area (Å²) in [6.45, 7) is 4.49. The molecule has 0 aromatic carbocycles. The summed E-state index contributed by atoms with van der Waals surface area (Å²) >= 11 is 0. The fourth-order valence-electron chi connectivity index (χ4n) is 4.33. The Bertz CT molecular complexity index is 409. The van der Waals surface area contributed by atoms with Gasteiger partial charge in [0.1, 0.15) is 0 Å². The molecule has 2 amide bonds. The Morgan fingerprint density at radius 1 is 1.42 bits per heavy atom. The van der Waals surface area contributed by atoms with Gasteiger partial charge in [-0.1, -0.05) is 6.42 Å². The molecule has 0 aromatic rings. The summed E-state index contributed by atoms with van der Waals surface area (Å²) in [7, 11) is 0. The molecule has 106 valence electrons. The van der Waals surface area contributed by atoms with Crippen LogP contribution in [0.5, 0.6) is 0 Å². The van der Waals surface area contributed by atoms with Gasteiger partial charge in [-0.25, -0.2) is 0 Å². The fourth-order valence-corrected chi connectivity index (χ4v) is 4.33. The molecule has 3 rings (SSSR count). The molecule has 5 unspecified atom stereocenters. The highest BCUT2D eigenvalue weighted by molar-refractivity contribution is 5.92. The molecule has 1 saturated heterocycles. The molecule has 2 bridgehead atoms. The largest absolute Gasteiger partial charge is 0.355 e. The predicted octanol–water partition coefficient (Wildman–Crippen LogP) is 1.45. The van der Waals surface area contributed by atoms with Crippen molar-refractivity contribution >= 4 is 11.8 Å². The monoisotopic (exact) mass is 264 g/mol. The van der Waals surface area contributed by atoms with Crippen LogP contribution >= 0.6 is 0 Å². The van der Waals surface area contributed by atoms with E-state index in [1.54, 1.807) is 0 Å². The van der Waals surface area contributed by atoms with Crippen molar-refractivity contribution in [2.75, 3.05) is 6.54 Å². The molecule has 19 heavy (non-hydrogen) atoms. The van der Waals surface area contributed by atoms with E-state index in [1.165, 1.54) is 25.7 Å². The first-order valence-electron chi connectivity index (χ1n) is 7.55. The SMILES string of the molecule is CC(NC(=O)C1(C)CNC(=O)C1)C1CC2CCC1C2. The van der Waals surface area contributed by atoms with Gasteiger partial charge in [0.2, 0.25) is 11.8 Å². The second-order valence-corrected chi connectivity index (χ2v) is 7.12. The van der Waals surface area contributed by atoms with Crippen LogP contribution in [-0.4, -0.2) is 24.4 Å². The molecule has 5 atom stereocenters. The molecule has 4 heteroatoms. The van der Waals surface area contributed by atoms with E-state index in [-0.39, 0.29) is 17.9 Å². The molecule has 3 fully saturated rings. The van der Waals surface area contributed by atoms with Crippen molar-refractivity contribution in [2.45, 2.75) is 52.0 Å². The molecule has 2 N–H and O–H groups in total. The van der Waals surface area contributed by atoms with Gasteiger partial charge in [-0.05, 0) is 50.9 Å². The molecule has 2 saturated carbocycles. The Balaban J connectivity index is 1.59. The van der Waals surface area contributed by atoms with Crippen molar-refractivity contribution in [3.63, 3.8) is 0 Å². The minimum atomic E-state index is -0.553. The quantitative estimate of drug-likeness (QED) is 0.810. The maximum Gasteiger partial charge on any atom is 0.228 e. The lowest BCUT2D eigenvalue weighted by Gasteiger charge is -2.31. The molecular weight excluding hydrogens is 240 g/mol. The third kappa shape index (κ3) is 2.26. The lowest BCUT2D eigenvalue weighted by Crippen LogP contribution is -2.47. The average Bonchev–Trinajstić information content (AvgIpc) is 3.05. The van der Waals surface area contributed by atoms with Gasteiger partial charge in [0, 0.05) is 19.0 Å². The molecule has 2 aliphatic carbocycles. The molecule has 1 aliphatic heterocycles. The van der Waals surface area contributed by atoms with Gasteiger partial charge in [0.05, 0.1) is 5.41 Å².